The molecular weight excluding hydrogens is 254 g/mol. The van der Waals surface area contributed by atoms with Crippen LogP contribution in [0, 0.1) is 20.8 Å². The molecule has 0 spiro atoms. The molecular formula is C15H17N3O2. The molecule has 0 unspecified atom stereocenters. The maximum absolute atomic E-state index is 11.1. The number of hydrogen-bond acceptors (Lipinski definition) is 2. The number of carboxylic acids is 1. The monoisotopic (exact) mass is 271 g/mol. The van der Waals surface area contributed by atoms with Crippen molar-refractivity contribution in [3.8, 4) is 0 Å². The van der Waals surface area contributed by atoms with Gasteiger partial charge in [0.1, 0.15) is 0 Å². The largest absolute Gasteiger partial charge is 0.481 e. The predicted molar refractivity (Wildman–Crippen MR) is 77.2 cm³/mol. The molecule has 0 amide bonds. The molecule has 0 saturated heterocycles. The average molecular weight is 271 g/mol. The van der Waals surface area contributed by atoms with E-state index in [1.165, 1.54) is 5.56 Å². The summed E-state index contributed by atoms with van der Waals surface area (Å²) < 4.78 is 3.91. The molecule has 0 saturated carbocycles. The Balaban J connectivity index is 2.47. The first-order chi connectivity index (χ1) is 9.41. The van der Waals surface area contributed by atoms with Gasteiger partial charge < -0.3 is 9.67 Å². The first-order valence-electron chi connectivity index (χ1n) is 6.56. The quantitative estimate of drug-likeness (QED) is 0.778. The van der Waals surface area contributed by atoms with Crippen LogP contribution in [0.25, 0.3) is 16.8 Å². The van der Waals surface area contributed by atoms with Crippen molar-refractivity contribution in [3.63, 3.8) is 0 Å². The number of aromatic nitrogens is 3. The highest BCUT2D eigenvalue weighted by Gasteiger charge is 2.19. The molecule has 0 aliphatic rings. The topological polar surface area (TPSA) is 59.5 Å². The fourth-order valence-corrected chi connectivity index (χ4v) is 2.71. The molecule has 104 valence electrons. The van der Waals surface area contributed by atoms with Gasteiger partial charge in [0.15, 0.2) is 0 Å². The number of benzene rings is 1. The SMILES string of the molecule is Cc1ccc2c(nc3n(C)c(C)c(CC(=O)O)n23)c1C. The number of aliphatic carboxylic acids is 1. The number of carbonyl (C=O) groups is 1. The van der Waals surface area contributed by atoms with E-state index in [1.54, 1.807) is 0 Å². The summed E-state index contributed by atoms with van der Waals surface area (Å²) >= 11 is 0. The van der Waals surface area contributed by atoms with Gasteiger partial charge in [0.2, 0.25) is 5.78 Å². The third kappa shape index (κ3) is 1.56. The summed E-state index contributed by atoms with van der Waals surface area (Å²) in [6, 6.07) is 4.07. The minimum atomic E-state index is -0.828. The predicted octanol–water partition coefficient (Wildman–Crippen LogP) is 2.38. The Bertz CT molecular complexity index is 855. The fraction of sp³-hybridized carbons (Fsp3) is 0.333. The van der Waals surface area contributed by atoms with Crippen molar-refractivity contribution >= 4 is 22.8 Å². The number of hydrogen-bond donors (Lipinski definition) is 1. The van der Waals surface area contributed by atoms with E-state index in [4.69, 9.17) is 10.1 Å². The van der Waals surface area contributed by atoms with E-state index >= 15 is 0 Å². The minimum absolute atomic E-state index is 0.00155. The van der Waals surface area contributed by atoms with E-state index in [1.807, 2.05) is 35.9 Å². The highest BCUT2D eigenvalue weighted by Crippen LogP contribution is 2.26. The maximum Gasteiger partial charge on any atom is 0.309 e. The first-order valence-corrected chi connectivity index (χ1v) is 6.56. The lowest BCUT2D eigenvalue weighted by atomic mass is 10.1. The summed E-state index contributed by atoms with van der Waals surface area (Å²) in [6.45, 7) is 6.04. The zero-order valence-corrected chi connectivity index (χ0v) is 12.1. The molecule has 0 aliphatic carbocycles. The molecule has 1 aromatic carbocycles. The minimum Gasteiger partial charge on any atom is -0.481 e. The molecule has 20 heavy (non-hydrogen) atoms. The van der Waals surface area contributed by atoms with Gasteiger partial charge in [-0.2, -0.15) is 0 Å². The molecule has 0 radical (unpaired) electrons. The van der Waals surface area contributed by atoms with E-state index in [9.17, 15) is 4.79 Å². The molecule has 3 rings (SSSR count). The third-order valence-electron chi connectivity index (χ3n) is 4.14. The lowest BCUT2D eigenvalue weighted by molar-refractivity contribution is -0.136. The Kier molecular flexibility index (Phi) is 2.61. The van der Waals surface area contributed by atoms with Crippen LogP contribution in [0.1, 0.15) is 22.5 Å². The Morgan fingerprint density at radius 1 is 1.30 bits per heavy atom. The smallest absolute Gasteiger partial charge is 0.309 e. The summed E-state index contributed by atoms with van der Waals surface area (Å²) in [6.07, 6.45) is 0.00155. The van der Waals surface area contributed by atoms with Gasteiger partial charge in [-0.1, -0.05) is 6.07 Å². The normalized spacial score (nSPS) is 11.6. The van der Waals surface area contributed by atoms with Crippen LogP contribution in [-0.2, 0) is 18.3 Å². The van der Waals surface area contributed by atoms with Crippen LogP contribution in [0.2, 0.25) is 0 Å². The maximum atomic E-state index is 11.1. The van der Waals surface area contributed by atoms with Gasteiger partial charge >= 0.3 is 5.97 Å². The first kappa shape index (κ1) is 12.7. The third-order valence-corrected chi connectivity index (χ3v) is 4.14. The lowest BCUT2D eigenvalue weighted by Gasteiger charge is -2.03. The summed E-state index contributed by atoms with van der Waals surface area (Å²) in [5.74, 6) is -0.0336. The molecule has 0 bridgehead atoms. The summed E-state index contributed by atoms with van der Waals surface area (Å²) in [5.41, 5.74) is 5.99. The van der Waals surface area contributed by atoms with E-state index < -0.39 is 5.97 Å². The highest BCUT2D eigenvalue weighted by atomic mass is 16.4. The molecule has 1 N–H and O–H groups in total. The highest BCUT2D eigenvalue weighted by molar-refractivity contribution is 5.85. The van der Waals surface area contributed by atoms with Gasteiger partial charge in [-0.3, -0.25) is 9.20 Å². The van der Waals surface area contributed by atoms with Crippen molar-refractivity contribution in [3.05, 3.63) is 34.6 Å². The lowest BCUT2D eigenvalue weighted by Crippen LogP contribution is -2.05. The second-order valence-corrected chi connectivity index (χ2v) is 5.28. The molecule has 5 nitrogen and oxygen atoms in total. The number of nitrogens with zero attached hydrogens (tertiary/aromatic N) is 3. The molecule has 5 heteroatoms. The standard InChI is InChI=1S/C15H17N3O2/c1-8-5-6-11-14(9(8)2)16-15-17(4)10(3)12(18(11)15)7-13(19)20/h5-6H,7H2,1-4H3,(H,19,20). The molecule has 2 heterocycles. The van der Waals surface area contributed by atoms with Crippen molar-refractivity contribution in [2.24, 2.45) is 7.05 Å². The van der Waals surface area contributed by atoms with Gasteiger partial charge in [0.05, 0.1) is 23.1 Å². The van der Waals surface area contributed by atoms with Crippen LogP contribution in [0.5, 0.6) is 0 Å². The summed E-state index contributed by atoms with van der Waals surface area (Å²) in [7, 11) is 1.92. The Labute approximate surface area is 116 Å². The average Bonchev–Trinajstić information content (AvgIpc) is 2.87. The zero-order chi connectivity index (χ0) is 14.6. The van der Waals surface area contributed by atoms with E-state index in [2.05, 4.69) is 13.0 Å². The van der Waals surface area contributed by atoms with Crippen molar-refractivity contribution in [2.75, 3.05) is 0 Å². The molecule has 3 aromatic rings. The zero-order valence-electron chi connectivity index (χ0n) is 12.1. The molecule has 0 fully saturated rings. The number of fused-ring (bicyclic) bond motifs is 3. The van der Waals surface area contributed by atoms with Crippen molar-refractivity contribution in [1.82, 2.24) is 14.0 Å². The number of aryl methyl sites for hydroxylation is 3. The Morgan fingerprint density at radius 2 is 2.00 bits per heavy atom. The Hall–Kier alpha value is -2.30. The van der Waals surface area contributed by atoms with Crippen LogP contribution >= 0.6 is 0 Å². The van der Waals surface area contributed by atoms with E-state index in [0.29, 0.717) is 0 Å². The van der Waals surface area contributed by atoms with Crippen LogP contribution in [0.15, 0.2) is 12.1 Å². The van der Waals surface area contributed by atoms with Crippen LogP contribution < -0.4 is 0 Å². The number of rotatable bonds is 2. The van der Waals surface area contributed by atoms with Gasteiger partial charge in [-0.05, 0) is 38.0 Å². The Morgan fingerprint density at radius 3 is 2.65 bits per heavy atom. The van der Waals surface area contributed by atoms with E-state index in [-0.39, 0.29) is 6.42 Å². The fourth-order valence-electron chi connectivity index (χ4n) is 2.71. The summed E-state index contributed by atoms with van der Waals surface area (Å²) in [4.78, 5) is 15.8. The van der Waals surface area contributed by atoms with Crippen molar-refractivity contribution in [1.29, 1.82) is 0 Å². The van der Waals surface area contributed by atoms with Gasteiger partial charge in [-0.15, -0.1) is 0 Å². The summed E-state index contributed by atoms with van der Waals surface area (Å²) in [5, 5.41) is 9.13. The van der Waals surface area contributed by atoms with Crippen LogP contribution in [0.4, 0.5) is 0 Å². The van der Waals surface area contributed by atoms with Crippen molar-refractivity contribution < 1.29 is 9.90 Å². The van der Waals surface area contributed by atoms with Crippen LogP contribution in [-0.4, -0.2) is 25.0 Å². The molecule has 0 aliphatic heterocycles. The van der Waals surface area contributed by atoms with Gasteiger partial charge in [0.25, 0.3) is 0 Å². The van der Waals surface area contributed by atoms with E-state index in [0.717, 1.165) is 33.8 Å². The van der Waals surface area contributed by atoms with Gasteiger partial charge in [-0.25, -0.2) is 4.98 Å². The second-order valence-electron chi connectivity index (χ2n) is 5.28. The van der Waals surface area contributed by atoms with Crippen LogP contribution in [0.3, 0.4) is 0 Å². The van der Waals surface area contributed by atoms with Crippen molar-refractivity contribution in [2.45, 2.75) is 27.2 Å². The number of imidazole rings is 2. The molecule has 2 aromatic heterocycles. The number of carboxylic acid groups (broad SMARTS) is 1. The second kappa shape index (κ2) is 4.10. The van der Waals surface area contributed by atoms with Gasteiger partial charge in [0, 0.05) is 12.7 Å². The molecule has 0 atom stereocenters.